The van der Waals surface area contributed by atoms with E-state index in [1.807, 2.05) is 44.2 Å². The molecule has 0 unspecified atom stereocenters. The fourth-order valence-electron chi connectivity index (χ4n) is 2.57. The van der Waals surface area contributed by atoms with Crippen molar-refractivity contribution in [2.75, 3.05) is 0 Å². The lowest BCUT2D eigenvalue weighted by Crippen LogP contribution is -2.24. The molecule has 1 aliphatic carbocycles. The SMILES string of the molecule is CC(C)OC1=C(c2ccccc2)C(=O)c2ccccc2C1=O. The molecule has 0 atom stereocenters. The maximum atomic E-state index is 12.9. The second-order valence-electron chi connectivity index (χ2n) is 5.44. The summed E-state index contributed by atoms with van der Waals surface area (Å²) in [6.07, 6.45) is -0.185. The van der Waals surface area contributed by atoms with Crippen LogP contribution in [0.25, 0.3) is 5.57 Å². The predicted molar refractivity (Wildman–Crippen MR) is 84.7 cm³/mol. The van der Waals surface area contributed by atoms with Crippen LogP contribution in [0, 0.1) is 0 Å². The second-order valence-corrected chi connectivity index (χ2v) is 5.44. The number of allylic oxidation sites excluding steroid dienone is 2. The van der Waals surface area contributed by atoms with E-state index in [0.717, 1.165) is 0 Å². The average molecular weight is 292 g/mol. The summed E-state index contributed by atoms with van der Waals surface area (Å²) < 4.78 is 5.71. The number of carbonyl (C=O) groups is 2. The van der Waals surface area contributed by atoms with Gasteiger partial charge in [-0.3, -0.25) is 9.59 Å². The summed E-state index contributed by atoms with van der Waals surface area (Å²) in [7, 11) is 0. The van der Waals surface area contributed by atoms with E-state index in [1.54, 1.807) is 24.3 Å². The standard InChI is InChI=1S/C19H16O3/c1-12(2)22-19-16(13-8-4-3-5-9-13)17(20)14-10-6-7-11-15(14)18(19)21/h3-12H,1-2H3. The molecule has 0 saturated carbocycles. The monoisotopic (exact) mass is 292 g/mol. The first-order valence-electron chi connectivity index (χ1n) is 7.24. The van der Waals surface area contributed by atoms with Crippen LogP contribution in [0.3, 0.4) is 0 Å². The molecule has 0 bridgehead atoms. The van der Waals surface area contributed by atoms with Gasteiger partial charge in [0.2, 0.25) is 5.78 Å². The van der Waals surface area contributed by atoms with Gasteiger partial charge in [-0.25, -0.2) is 0 Å². The highest BCUT2D eigenvalue weighted by Crippen LogP contribution is 2.33. The van der Waals surface area contributed by atoms with Crippen LogP contribution in [0.2, 0.25) is 0 Å². The first kappa shape index (κ1) is 14.3. The molecule has 0 aromatic heterocycles. The first-order chi connectivity index (χ1) is 10.6. The summed E-state index contributed by atoms with van der Waals surface area (Å²) in [5, 5.41) is 0. The van der Waals surface area contributed by atoms with Gasteiger partial charge in [0.25, 0.3) is 0 Å². The van der Waals surface area contributed by atoms with Gasteiger partial charge in [-0.15, -0.1) is 0 Å². The highest BCUT2D eigenvalue weighted by molar-refractivity contribution is 6.40. The fraction of sp³-hybridized carbons (Fsp3) is 0.158. The number of Topliss-reactive ketones (excluding diaryl/α,β-unsaturated/α-hetero) is 2. The summed E-state index contributed by atoms with van der Waals surface area (Å²) >= 11 is 0. The van der Waals surface area contributed by atoms with E-state index < -0.39 is 0 Å². The Labute approximate surface area is 129 Å². The average Bonchev–Trinajstić information content (AvgIpc) is 2.53. The van der Waals surface area contributed by atoms with Crippen molar-refractivity contribution in [2.24, 2.45) is 0 Å². The van der Waals surface area contributed by atoms with Crippen molar-refractivity contribution >= 4 is 17.1 Å². The van der Waals surface area contributed by atoms with Crippen LogP contribution < -0.4 is 0 Å². The molecule has 2 aromatic rings. The lowest BCUT2D eigenvalue weighted by Gasteiger charge is -2.23. The van der Waals surface area contributed by atoms with Crippen LogP contribution in [-0.2, 0) is 4.74 Å². The van der Waals surface area contributed by atoms with Crippen LogP contribution >= 0.6 is 0 Å². The molecule has 22 heavy (non-hydrogen) atoms. The molecule has 3 heteroatoms. The zero-order chi connectivity index (χ0) is 15.7. The number of rotatable bonds is 3. The summed E-state index contributed by atoms with van der Waals surface area (Å²) in [4.78, 5) is 25.6. The topological polar surface area (TPSA) is 43.4 Å². The Hall–Kier alpha value is -2.68. The molecule has 0 N–H and O–H groups in total. The summed E-state index contributed by atoms with van der Waals surface area (Å²) in [6.45, 7) is 3.68. The Kier molecular flexibility index (Phi) is 3.63. The quantitative estimate of drug-likeness (QED) is 0.861. The summed E-state index contributed by atoms with van der Waals surface area (Å²) in [6, 6.07) is 16.1. The van der Waals surface area contributed by atoms with Gasteiger partial charge >= 0.3 is 0 Å². The molecule has 0 aliphatic heterocycles. The maximum absolute atomic E-state index is 12.9. The van der Waals surface area contributed by atoms with Crippen molar-refractivity contribution < 1.29 is 14.3 Å². The fourth-order valence-corrected chi connectivity index (χ4v) is 2.57. The Bertz CT molecular complexity index is 770. The van der Waals surface area contributed by atoms with Gasteiger partial charge in [0.1, 0.15) is 0 Å². The Morgan fingerprint density at radius 1 is 0.773 bits per heavy atom. The van der Waals surface area contributed by atoms with Gasteiger partial charge in [-0.2, -0.15) is 0 Å². The van der Waals surface area contributed by atoms with Crippen molar-refractivity contribution in [2.45, 2.75) is 20.0 Å². The van der Waals surface area contributed by atoms with E-state index in [1.165, 1.54) is 0 Å². The Morgan fingerprint density at radius 2 is 1.32 bits per heavy atom. The van der Waals surface area contributed by atoms with Gasteiger partial charge in [0.05, 0.1) is 11.7 Å². The zero-order valence-electron chi connectivity index (χ0n) is 12.5. The van der Waals surface area contributed by atoms with Gasteiger partial charge in [-0.05, 0) is 19.4 Å². The van der Waals surface area contributed by atoms with Crippen molar-refractivity contribution in [3.05, 3.63) is 77.0 Å². The molecule has 3 rings (SSSR count). The molecular formula is C19H16O3. The highest BCUT2D eigenvalue weighted by Gasteiger charge is 2.34. The Morgan fingerprint density at radius 3 is 1.91 bits per heavy atom. The van der Waals surface area contributed by atoms with Gasteiger partial charge < -0.3 is 4.74 Å². The minimum atomic E-state index is -0.234. The third kappa shape index (κ3) is 2.35. The molecule has 0 saturated heterocycles. The van der Waals surface area contributed by atoms with Crippen molar-refractivity contribution in [1.29, 1.82) is 0 Å². The van der Waals surface area contributed by atoms with Crippen molar-refractivity contribution in [3.63, 3.8) is 0 Å². The minimum Gasteiger partial charge on any atom is -0.486 e. The molecule has 0 radical (unpaired) electrons. The van der Waals surface area contributed by atoms with Crippen LogP contribution in [0.15, 0.2) is 60.4 Å². The Balaban J connectivity index is 2.24. The third-order valence-electron chi connectivity index (χ3n) is 3.49. The molecule has 0 spiro atoms. The van der Waals surface area contributed by atoms with E-state index in [-0.39, 0.29) is 23.4 Å². The van der Waals surface area contributed by atoms with E-state index in [4.69, 9.17) is 4.74 Å². The third-order valence-corrected chi connectivity index (χ3v) is 3.49. The van der Waals surface area contributed by atoms with Crippen LogP contribution in [0.1, 0.15) is 40.1 Å². The van der Waals surface area contributed by atoms with Crippen LogP contribution in [0.5, 0.6) is 0 Å². The van der Waals surface area contributed by atoms with E-state index >= 15 is 0 Å². The van der Waals surface area contributed by atoms with E-state index in [9.17, 15) is 9.59 Å². The number of benzene rings is 2. The van der Waals surface area contributed by atoms with E-state index in [2.05, 4.69) is 0 Å². The number of ketones is 2. The number of carbonyl (C=O) groups excluding carboxylic acids is 2. The summed E-state index contributed by atoms with van der Waals surface area (Å²) in [5.41, 5.74) is 1.88. The lowest BCUT2D eigenvalue weighted by atomic mass is 9.85. The number of ether oxygens (including phenoxy) is 1. The smallest absolute Gasteiger partial charge is 0.229 e. The largest absolute Gasteiger partial charge is 0.486 e. The number of hydrogen-bond donors (Lipinski definition) is 0. The highest BCUT2D eigenvalue weighted by atomic mass is 16.5. The molecular weight excluding hydrogens is 276 g/mol. The van der Waals surface area contributed by atoms with Crippen LogP contribution in [0.4, 0.5) is 0 Å². The van der Waals surface area contributed by atoms with Crippen molar-refractivity contribution in [3.8, 4) is 0 Å². The van der Waals surface area contributed by atoms with Gasteiger partial charge in [0, 0.05) is 11.1 Å². The van der Waals surface area contributed by atoms with Crippen molar-refractivity contribution in [1.82, 2.24) is 0 Å². The van der Waals surface area contributed by atoms with Gasteiger partial charge in [-0.1, -0.05) is 54.6 Å². The number of fused-ring (bicyclic) bond motifs is 1. The summed E-state index contributed by atoms with van der Waals surface area (Å²) in [5.74, 6) is -0.260. The molecule has 0 fully saturated rings. The molecule has 3 nitrogen and oxygen atoms in total. The molecule has 110 valence electrons. The molecule has 0 heterocycles. The molecule has 2 aromatic carbocycles. The minimum absolute atomic E-state index is 0.143. The molecule has 0 amide bonds. The predicted octanol–water partition coefficient (Wildman–Crippen LogP) is 3.90. The second kappa shape index (κ2) is 5.60. The van der Waals surface area contributed by atoms with Gasteiger partial charge in [0.15, 0.2) is 11.5 Å². The van der Waals surface area contributed by atoms with Crippen LogP contribution in [-0.4, -0.2) is 17.7 Å². The molecule has 1 aliphatic rings. The zero-order valence-corrected chi connectivity index (χ0v) is 12.5. The number of hydrogen-bond acceptors (Lipinski definition) is 3. The normalized spacial score (nSPS) is 14.3. The lowest BCUT2D eigenvalue weighted by molar-refractivity contribution is 0.0821. The maximum Gasteiger partial charge on any atom is 0.229 e. The van der Waals surface area contributed by atoms with E-state index in [0.29, 0.717) is 22.3 Å². The first-order valence-corrected chi connectivity index (χ1v) is 7.24.